The Morgan fingerprint density at radius 1 is 0.971 bits per heavy atom. The molecule has 0 aliphatic carbocycles. The van der Waals surface area contributed by atoms with Gasteiger partial charge in [0.2, 0.25) is 0 Å². The van der Waals surface area contributed by atoms with E-state index in [2.05, 4.69) is 71.2 Å². The number of hydrogen-bond acceptors (Lipinski definition) is 6. The fourth-order valence-electron chi connectivity index (χ4n) is 5.93. The van der Waals surface area contributed by atoms with E-state index in [4.69, 9.17) is 14.7 Å². The molecular weight excluding hydrogens is 436 g/mol. The van der Waals surface area contributed by atoms with E-state index in [0.29, 0.717) is 19.3 Å². The zero-order chi connectivity index (χ0) is 24.4. The number of imidazole rings is 1. The molecule has 0 radical (unpaired) electrons. The molecule has 0 N–H and O–H groups in total. The summed E-state index contributed by atoms with van der Waals surface area (Å²) < 4.78 is 8.41. The second-order valence-corrected chi connectivity index (χ2v) is 9.91. The van der Waals surface area contributed by atoms with Crippen LogP contribution in [0.5, 0.6) is 0 Å². The van der Waals surface area contributed by atoms with Crippen LogP contribution in [0.2, 0.25) is 0 Å². The van der Waals surface area contributed by atoms with Crippen molar-refractivity contribution in [3.05, 3.63) is 59.2 Å². The molecule has 0 unspecified atom stereocenters. The summed E-state index contributed by atoms with van der Waals surface area (Å²) >= 11 is 0. The van der Waals surface area contributed by atoms with Crippen molar-refractivity contribution in [1.82, 2.24) is 24.2 Å². The van der Waals surface area contributed by atoms with E-state index in [1.54, 1.807) is 0 Å². The lowest BCUT2D eigenvalue weighted by molar-refractivity contribution is 0.101. The van der Waals surface area contributed by atoms with Crippen LogP contribution in [0, 0.1) is 6.92 Å². The minimum absolute atomic E-state index is 0.246. The lowest BCUT2D eigenvalue weighted by Crippen LogP contribution is -2.46. The molecule has 2 aliphatic heterocycles. The van der Waals surface area contributed by atoms with Crippen LogP contribution in [-0.2, 0) is 11.3 Å². The number of piperidine rings is 1. The third kappa shape index (κ3) is 4.69. The van der Waals surface area contributed by atoms with E-state index in [9.17, 15) is 0 Å². The minimum atomic E-state index is 0.246. The van der Waals surface area contributed by atoms with Crippen LogP contribution in [0.25, 0.3) is 5.65 Å². The average molecular weight is 477 g/mol. The normalized spacial score (nSPS) is 22.2. The summed E-state index contributed by atoms with van der Waals surface area (Å²) in [5, 5.41) is 0. The van der Waals surface area contributed by atoms with Gasteiger partial charge in [-0.1, -0.05) is 19.1 Å². The molecule has 35 heavy (non-hydrogen) atoms. The third-order valence-corrected chi connectivity index (χ3v) is 7.96. The molecule has 2 saturated heterocycles. The number of aryl methyl sites for hydroxylation is 1. The van der Waals surface area contributed by atoms with Gasteiger partial charge in [0.25, 0.3) is 0 Å². The molecule has 2 atom stereocenters. The summed E-state index contributed by atoms with van der Waals surface area (Å²) in [5.41, 5.74) is 5.85. The number of nitrogens with zero attached hydrogens (tertiary/aromatic N) is 6. The van der Waals surface area contributed by atoms with Gasteiger partial charge >= 0.3 is 0 Å². The molecule has 5 rings (SSSR count). The van der Waals surface area contributed by atoms with Gasteiger partial charge in [0.1, 0.15) is 11.5 Å². The van der Waals surface area contributed by atoms with Crippen molar-refractivity contribution in [3.8, 4) is 0 Å². The quantitative estimate of drug-likeness (QED) is 0.496. The zero-order valence-electron chi connectivity index (χ0n) is 21.8. The molecule has 2 fully saturated rings. The van der Waals surface area contributed by atoms with E-state index in [1.807, 2.05) is 12.3 Å². The number of piperazine rings is 1. The number of ether oxygens (including phenoxy) is 1. The van der Waals surface area contributed by atoms with E-state index in [0.717, 1.165) is 51.2 Å². The van der Waals surface area contributed by atoms with Gasteiger partial charge < -0.3 is 14.5 Å². The van der Waals surface area contributed by atoms with Crippen molar-refractivity contribution in [2.45, 2.75) is 58.7 Å². The van der Waals surface area contributed by atoms with Crippen LogP contribution in [0.3, 0.4) is 0 Å². The fraction of sp³-hybridized carbons (Fsp3) is 0.571. The van der Waals surface area contributed by atoms with Gasteiger partial charge in [-0.15, -0.1) is 0 Å². The Morgan fingerprint density at radius 3 is 2.46 bits per heavy atom. The van der Waals surface area contributed by atoms with E-state index < -0.39 is 0 Å². The van der Waals surface area contributed by atoms with E-state index in [1.165, 1.54) is 34.9 Å². The van der Waals surface area contributed by atoms with Crippen molar-refractivity contribution in [3.63, 3.8) is 0 Å². The summed E-state index contributed by atoms with van der Waals surface area (Å²) in [5.74, 6) is 1.24. The summed E-state index contributed by atoms with van der Waals surface area (Å²) in [6.07, 6.45) is 5.33. The van der Waals surface area contributed by atoms with Crippen molar-refractivity contribution in [2.24, 2.45) is 0 Å². The van der Waals surface area contributed by atoms with E-state index >= 15 is 0 Å². The Hall–Kier alpha value is -2.48. The number of aromatic nitrogens is 3. The van der Waals surface area contributed by atoms with Crippen LogP contribution < -0.4 is 4.90 Å². The number of anilines is 1. The van der Waals surface area contributed by atoms with Gasteiger partial charge in [0.15, 0.2) is 0 Å². The van der Waals surface area contributed by atoms with E-state index in [-0.39, 0.29) is 6.04 Å². The number of pyridine rings is 2. The molecule has 3 aromatic heterocycles. The largest absolute Gasteiger partial charge is 0.375 e. The monoisotopic (exact) mass is 476 g/mol. The number of likely N-dealkylation sites (N-methyl/N-ethyl adjacent to an activating group) is 1. The lowest BCUT2D eigenvalue weighted by atomic mass is 9.90. The maximum Gasteiger partial charge on any atom is 0.138 e. The average Bonchev–Trinajstić information content (AvgIpc) is 3.26. The smallest absolute Gasteiger partial charge is 0.138 e. The Kier molecular flexibility index (Phi) is 7.37. The Bertz CT molecular complexity index is 1140. The van der Waals surface area contributed by atoms with Gasteiger partial charge in [-0.2, -0.15) is 0 Å². The zero-order valence-corrected chi connectivity index (χ0v) is 21.8. The van der Waals surface area contributed by atoms with Crippen LogP contribution in [-0.4, -0.2) is 70.5 Å². The fourth-order valence-corrected chi connectivity index (χ4v) is 5.93. The van der Waals surface area contributed by atoms with Gasteiger partial charge in [-0.05, 0) is 70.5 Å². The number of likely N-dealkylation sites (tertiary alicyclic amines) is 1. The molecule has 188 valence electrons. The second-order valence-electron chi connectivity index (χ2n) is 9.91. The van der Waals surface area contributed by atoms with Crippen molar-refractivity contribution in [2.75, 3.05) is 51.3 Å². The first-order chi connectivity index (χ1) is 17.1. The molecule has 0 amide bonds. The highest BCUT2D eigenvalue weighted by molar-refractivity contribution is 5.55. The second kappa shape index (κ2) is 10.6. The number of rotatable bonds is 7. The predicted molar refractivity (Wildman–Crippen MR) is 141 cm³/mol. The maximum absolute atomic E-state index is 6.04. The topological polar surface area (TPSA) is 49.1 Å². The van der Waals surface area contributed by atoms with Crippen LogP contribution in [0.15, 0.2) is 36.5 Å². The van der Waals surface area contributed by atoms with Gasteiger partial charge in [-0.25, -0.2) is 4.98 Å². The first-order valence-corrected chi connectivity index (χ1v) is 13.3. The van der Waals surface area contributed by atoms with Gasteiger partial charge in [-0.3, -0.25) is 14.3 Å². The first-order valence-electron chi connectivity index (χ1n) is 13.3. The van der Waals surface area contributed by atoms with Gasteiger partial charge in [0, 0.05) is 39.0 Å². The predicted octanol–water partition coefficient (Wildman–Crippen LogP) is 4.61. The highest BCUT2D eigenvalue weighted by Crippen LogP contribution is 2.42. The molecule has 0 saturated carbocycles. The maximum atomic E-state index is 6.04. The molecule has 2 aliphatic rings. The Balaban J connectivity index is 1.54. The molecule has 7 nitrogen and oxygen atoms in total. The molecule has 7 heteroatoms. The summed E-state index contributed by atoms with van der Waals surface area (Å²) in [4.78, 5) is 17.6. The molecule has 0 spiro atoms. The highest BCUT2D eigenvalue weighted by atomic mass is 16.5. The number of hydrogen-bond donors (Lipinski definition) is 0. The first kappa shape index (κ1) is 24.2. The van der Waals surface area contributed by atoms with Crippen molar-refractivity contribution >= 4 is 11.5 Å². The Labute approximate surface area is 209 Å². The standard InChI is InChI=1S/C28H40N6O/c1-5-32-16-18-33(19-17-32)26-14-8-13-25-30-28(24(34(25)26)20-35-6-2)23-12-7-11-22(31(23)4)27-21(3)10-9-15-29-27/h8-10,13-15,22-23H,5-7,11-12,16-20H2,1-4H3/t22-,23+/m0/s1. The molecular formula is C28H40N6O. The van der Waals surface area contributed by atoms with Gasteiger partial charge in [0.05, 0.1) is 35.8 Å². The Morgan fingerprint density at radius 2 is 1.74 bits per heavy atom. The molecule has 0 bridgehead atoms. The molecule has 5 heterocycles. The summed E-state index contributed by atoms with van der Waals surface area (Å²) in [6.45, 7) is 13.2. The summed E-state index contributed by atoms with van der Waals surface area (Å²) in [7, 11) is 2.25. The van der Waals surface area contributed by atoms with Crippen LogP contribution in [0.1, 0.15) is 67.8 Å². The summed E-state index contributed by atoms with van der Waals surface area (Å²) in [6, 6.07) is 11.3. The third-order valence-electron chi connectivity index (χ3n) is 7.96. The molecule has 0 aromatic carbocycles. The van der Waals surface area contributed by atoms with Crippen LogP contribution >= 0.6 is 0 Å². The van der Waals surface area contributed by atoms with Crippen molar-refractivity contribution < 1.29 is 4.74 Å². The van der Waals surface area contributed by atoms with Crippen molar-refractivity contribution in [1.29, 1.82) is 0 Å². The highest BCUT2D eigenvalue weighted by Gasteiger charge is 2.35. The SMILES string of the molecule is CCOCc1c([C@H]2CCC[C@@H](c3ncccc3C)N2C)nc2cccc(N3CCN(CC)CC3)n12. The lowest BCUT2D eigenvalue weighted by Gasteiger charge is -2.39. The minimum Gasteiger partial charge on any atom is -0.375 e. The number of fused-ring (bicyclic) bond motifs is 1. The molecule has 3 aromatic rings. The van der Waals surface area contributed by atoms with Crippen LogP contribution in [0.4, 0.5) is 5.82 Å².